The van der Waals surface area contributed by atoms with Gasteiger partial charge in [-0.1, -0.05) is 29.8 Å². The molecule has 0 saturated carbocycles. The Morgan fingerprint density at radius 1 is 1.24 bits per heavy atom. The van der Waals surface area contributed by atoms with E-state index in [1.807, 2.05) is 25.1 Å². The molecule has 3 nitrogen and oxygen atoms in total. The van der Waals surface area contributed by atoms with Crippen LogP contribution < -0.4 is 16.8 Å². The number of aryl methyl sites for hydroxylation is 1. The maximum Gasteiger partial charge on any atom is 0.141 e. The molecular formula is C16H15ClFN3. The minimum atomic E-state index is -0.997. The highest BCUT2D eigenvalue weighted by atomic mass is 35.5. The summed E-state index contributed by atoms with van der Waals surface area (Å²) in [5, 5.41) is 3.16. The summed E-state index contributed by atoms with van der Waals surface area (Å²) < 4.78 is 13.4. The molecule has 0 aromatic heterocycles. The molecule has 5 N–H and O–H groups in total. The van der Waals surface area contributed by atoms with Crippen LogP contribution in [0.5, 0.6) is 0 Å². The van der Waals surface area contributed by atoms with Gasteiger partial charge >= 0.3 is 0 Å². The zero-order valence-corrected chi connectivity index (χ0v) is 12.2. The molecule has 2 aromatic carbocycles. The van der Waals surface area contributed by atoms with Crippen LogP contribution in [0, 0.1) is 12.7 Å². The van der Waals surface area contributed by atoms with E-state index >= 15 is 0 Å². The van der Waals surface area contributed by atoms with Gasteiger partial charge in [0.1, 0.15) is 11.5 Å². The Kier molecular flexibility index (Phi) is 3.15. The normalized spacial score (nSPS) is 20.0. The lowest BCUT2D eigenvalue weighted by atomic mass is 9.85. The molecule has 1 unspecified atom stereocenters. The van der Waals surface area contributed by atoms with E-state index in [-0.39, 0.29) is 5.02 Å². The van der Waals surface area contributed by atoms with Crippen LogP contribution in [0.2, 0.25) is 5.02 Å². The minimum Gasteiger partial charge on any atom is -0.398 e. The Morgan fingerprint density at radius 2 is 2.00 bits per heavy atom. The van der Waals surface area contributed by atoms with Gasteiger partial charge in [-0.2, -0.15) is 0 Å². The Hall–Kier alpha value is -2.04. The average molecular weight is 304 g/mol. The number of anilines is 1. The molecule has 0 aliphatic carbocycles. The lowest BCUT2D eigenvalue weighted by Crippen LogP contribution is -2.50. The fourth-order valence-corrected chi connectivity index (χ4v) is 2.76. The number of rotatable bonds is 1. The van der Waals surface area contributed by atoms with Crippen LogP contribution in [0.15, 0.2) is 36.5 Å². The third-order valence-electron chi connectivity index (χ3n) is 3.87. The van der Waals surface area contributed by atoms with Gasteiger partial charge in [-0.25, -0.2) is 4.39 Å². The van der Waals surface area contributed by atoms with Crippen LogP contribution in [-0.4, -0.2) is 0 Å². The first-order valence-electron chi connectivity index (χ1n) is 6.51. The number of hydrogen-bond acceptors (Lipinski definition) is 3. The first-order chi connectivity index (χ1) is 9.93. The highest BCUT2D eigenvalue weighted by molar-refractivity contribution is 6.30. The Balaban J connectivity index is 2.22. The van der Waals surface area contributed by atoms with E-state index in [1.165, 1.54) is 12.1 Å². The van der Waals surface area contributed by atoms with Crippen LogP contribution in [-0.2, 0) is 5.66 Å². The second kappa shape index (κ2) is 4.76. The summed E-state index contributed by atoms with van der Waals surface area (Å²) in [6.07, 6.45) is 3.63. The van der Waals surface area contributed by atoms with Gasteiger partial charge in [0.25, 0.3) is 0 Å². The maximum atomic E-state index is 13.4. The van der Waals surface area contributed by atoms with Crippen molar-refractivity contribution < 1.29 is 4.39 Å². The van der Waals surface area contributed by atoms with Crippen LogP contribution in [0.4, 0.5) is 10.1 Å². The number of fused-ring (bicyclic) bond motifs is 1. The SMILES string of the molecule is Cc1ccc2c(c1N)C=CNC2(N)c1ccc(F)c(Cl)c1. The summed E-state index contributed by atoms with van der Waals surface area (Å²) in [5.41, 5.74) is 15.7. The smallest absolute Gasteiger partial charge is 0.141 e. The number of nitrogens with two attached hydrogens (primary N) is 2. The number of nitrogen functional groups attached to an aromatic ring is 1. The van der Waals surface area contributed by atoms with Crippen LogP contribution in [0.1, 0.15) is 22.3 Å². The molecule has 1 aliphatic rings. The molecule has 0 fully saturated rings. The van der Waals surface area contributed by atoms with Crippen LogP contribution in [0.3, 0.4) is 0 Å². The summed E-state index contributed by atoms with van der Waals surface area (Å²) in [4.78, 5) is 0. The van der Waals surface area contributed by atoms with Crippen molar-refractivity contribution in [2.75, 3.05) is 5.73 Å². The van der Waals surface area contributed by atoms with E-state index in [4.69, 9.17) is 23.1 Å². The van der Waals surface area contributed by atoms with Gasteiger partial charge in [-0.05, 0) is 42.5 Å². The van der Waals surface area contributed by atoms with Crippen molar-refractivity contribution in [2.24, 2.45) is 5.73 Å². The van der Waals surface area contributed by atoms with E-state index in [0.29, 0.717) is 11.3 Å². The summed E-state index contributed by atoms with van der Waals surface area (Å²) in [5.74, 6) is -0.473. The molecule has 0 amide bonds. The quantitative estimate of drug-likeness (QED) is 0.709. The third kappa shape index (κ3) is 2.07. The van der Waals surface area contributed by atoms with Crippen molar-refractivity contribution in [3.05, 3.63) is 69.6 Å². The maximum absolute atomic E-state index is 13.4. The van der Waals surface area contributed by atoms with Crippen LogP contribution in [0.25, 0.3) is 6.08 Å². The zero-order valence-electron chi connectivity index (χ0n) is 11.5. The molecule has 0 spiro atoms. The molecular weight excluding hydrogens is 289 g/mol. The number of benzene rings is 2. The molecule has 1 heterocycles. The largest absolute Gasteiger partial charge is 0.398 e. The van der Waals surface area contributed by atoms with Crippen molar-refractivity contribution in [1.29, 1.82) is 0 Å². The zero-order chi connectivity index (χ0) is 15.2. The minimum absolute atomic E-state index is 0.0373. The summed E-state index contributed by atoms with van der Waals surface area (Å²) >= 11 is 5.88. The summed E-state index contributed by atoms with van der Waals surface area (Å²) in [6, 6.07) is 8.30. The predicted molar refractivity (Wildman–Crippen MR) is 84.1 cm³/mol. The summed E-state index contributed by atoms with van der Waals surface area (Å²) in [6.45, 7) is 1.94. The third-order valence-corrected chi connectivity index (χ3v) is 4.16. The van der Waals surface area contributed by atoms with E-state index in [0.717, 1.165) is 16.7 Å². The van der Waals surface area contributed by atoms with E-state index in [1.54, 1.807) is 12.3 Å². The molecule has 3 rings (SSSR count). The van der Waals surface area contributed by atoms with Crippen LogP contribution >= 0.6 is 11.6 Å². The van der Waals surface area contributed by atoms with Gasteiger partial charge in [-0.15, -0.1) is 0 Å². The highest BCUT2D eigenvalue weighted by Gasteiger charge is 2.33. The van der Waals surface area contributed by atoms with Gasteiger partial charge in [-0.3, -0.25) is 0 Å². The topological polar surface area (TPSA) is 64.1 Å². The lowest BCUT2D eigenvalue weighted by Gasteiger charge is -2.36. The van der Waals surface area contributed by atoms with Crippen molar-refractivity contribution >= 4 is 23.4 Å². The molecule has 0 bridgehead atoms. The standard InChI is InChI=1S/C16H15ClFN3/c1-9-2-4-12-11(15(9)19)6-7-21-16(12,20)10-3-5-14(18)13(17)8-10/h2-8,21H,19-20H2,1H3. The molecule has 21 heavy (non-hydrogen) atoms. The second-order valence-electron chi connectivity index (χ2n) is 5.17. The van der Waals surface area contributed by atoms with E-state index in [2.05, 4.69) is 5.32 Å². The first-order valence-corrected chi connectivity index (χ1v) is 6.89. The second-order valence-corrected chi connectivity index (χ2v) is 5.58. The van der Waals surface area contributed by atoms with Gasteiger partial charge in [0.2, 0.25) is 0 Å². The predicted octanol–water partition coefficient (Wildman–Crippen LogP) is 3.10. The van der Waals surface area contributed by atoms with E-state index < -0.39 is 11.5 Å². The van der Waals surface area contributed by atoms with Crippen molar-refractivity contribution in [3.8, 4) is 0 Å². The monoisotopic (exact) mass is 303 g/mol. The molecule has 108 valence electrons. The van der Waals surface area contributed by atoms with Gasteiger partial charge in [0.05, 0.1) is 5.02 Å². The molecule has 2 aromatic rings. The molecule has 5 heteroatoms. The highest BCUT2D eigenvalue weighted by Crippen LogP contribution is 2.36. The lowest BCUT2D eigenvalue weighted by molar-refractivity contribution is 0.473. The number of nitrogens with one attached hydrogen (secondary N) is 1. The van der Waals surface area contributed by atoms with Gasteiger partial charge in [0.15, 0.2) is 0 Å². The fraction of sp³-hybridized carbons (Fsp3) is 0.125. The fourth-order valence-electron chi connectivity index (χ4n) is 2.58. The molecule has 0 saturated heterocycles. The molecule has 1 atom stereocenters. The Bertz CT molecular complexity index is 757. The van der Waals surface area contributed by atoms with Gasteiger partial charge in [0, 0.05) is 16.8 Å². The number of hydrogen-bond donors (Lipinski definition) is 3. The Morgan fingerprint density at radius 3 is 2.71 bits per heavy atom. The summed E-state index contributed by atoms with van der Waals surface area (Å²) in [7, 11) is 0. The average Bonchev–Trinajstić information content (AvgIpc) is 2.46. The molecule has 0 radical (unpaired) electrons. The van der Waals surface area contributed by atoms with Gasteiger partial charge < -0.3 is 16.8 Å². The van der Waals surface area contributed by atoms with E-state index in [9.17, 15) is 4.39 Å². The van der Waals surface area contributed by atoms with Crippen molar-refractivity contribution in [2.45, 2.75) is 12.6 Å². The van der Waals surface area contributed by atoms with Crippen molar-refractivity contribution in [3.63, 3.8) is 0 Å². The van der Waals surface area contributed by atoms with Crippen molar-refractivity contribution in [1.82, 2.24) is 5.32 Å². The number of halogens is 2. The molecule has 1 aliphatic heterocycles. The Labute approximate surface area is 127 Å². The first kappa shape index (κ1) is 13.9.